The second kappa shape index (κ2) is 8.96. The summed E-state index contributed by atoms with van der Waals surface area (Å²) in [7, 11) is 1.48. The normalized spacial score (nSPS) is 10.6. The molecular weight excluding hydrogens is 378 g/mol. The number of benzene rings is 2. The summed E-state index contributed by atoms with van der Waals surface area (Å²) < 4.78 is 17.1. The zero-order valence-corrected chi connectivity index (χ0v) is 16.1. The fourth-order valence-corrected chi connectivity index (χ4v) is 2.78. The molecule has 0 saturated heterocycles. The van der Waals surface area contributed by atoms with Gasteiger partial charge in [0.15, 0.2) is 17.1 Å². The molecule has 152 valence electrons. The molecular formula is C20H21N3O6. The maximum atomic E-state index is 12.3. The number of methoxy groups -OCH3 is 1. The molecule has 29 heavy (non-hydrogen) atoms. The number of rotatable bonds is 7. The van der Waals surface area contributed by atoms with E-state index in [2.05, 4.69) is 10.9 Å². The first-order chi connectivity index (χ1) is 14.0. The monoisotopic (exact) mass is 399 g/mol. The van der Waals surface area contributed by atoms with Gasteiger partial charge in [0, 0.05) is 18.5 Å². The van der Waals surface area contributed by atoms with Crippen LogP contribution in [0.4, 0.5) is 0 Å². The molecule has 9 nitrogen and oxygen atoms in total. The van der Waals surface area contributed by atoms with Gasteiger partial charge in [0.05, 0.1) is 19.2 Å². The van der Waals surface area contributed by atoms with Crippen LogP contribution in [0.1, 0.15) is 23.7 Å². The van der Waals surface area contributed by atoms with Crippen molar-refractivity contribution in [1.29, 1.82) is 0 Å². The van der Waals surface area contributed by atoms with Gasteiger partial charge in [-0.25, -0.2) is 4.79 Å². The van der Waals surface area contributed by atoms with Crippen molar-refractivity contribution in [3.63, 3.8) is 0 Å². The molecule has 0 radical (unpaired) electrons. The highest BCUT2D eigenvalue weighted by molar-refractivity contribution is 5.96. The number of nitrogens with one attached hydrogen (secondary N) is 2. The molecule has 0 aliphatic heterocycles. The summed E-state index contributed by atoms with van der Waals surface area (Å²) in [5.41, 5.74) is 6.02. The van der Waals surface area contributed by atoms with Gasteiger partial charge >= 0.3 is 5.76 Å². The highest BCUT2D eigenvalue weighted by Crippen LogP contribution is 2.27. The molecule has 0 bridgehead atoms. The van der Waals surface area contributed by atoms with Gasteiger partial charge in [0.2, 0.25) is 5.91 Å². The van der Waals surface area contributed by atoms with Crippen molar-refractivity contribution < 1.29 is 23.5 Å². The molecule has 0 saturated carbocycles. The molecule has 1 heterocycles. The Kier molecular flexibility index (Phi) is 6.18. The Morgan fingerprint density at radius 2 is 1.90 bits per heavy atom. The van der Waals surface area contributed by atoms with Crippen LogP contribution in [0.3, 0.4) is 0 Å². The molecule has 2 N–H and O–H groups in total. The minimum atomic E-state index is -0.537. The predicted molar refractivity (Wildman–Crippen MR) is 105 cm³/mol. The van der Waals surface area contributed by atoms with Crippen molar-refractivity contribution in [2.45, 2.75) is 19.9 Å². The lowest BCUT2D eigenvalue weighted by Gasteiger charge is -2.11. The van der Waals surface area contributed by atoms with Crippen molar-refractivity contribution in [2.24, 2.45) is 0 Å². The Morgan fingerprint density at radius 3 is 2.66 bits per heavy atom. The van der Waals surface area contributed by atoms with Gasteiger partial charge in [-0.15, -0.1) is 0 Å². The summed E-state index contributed by atoms with van der Waals surface area (Å²) in [6.45, 7) is 2.43. The molecule has 0 aliphatic carbocycles. The van der Waals surface area contributed by atoms with E-state index in [1.807, 2.05) is 6.92 Å². The van der Waals surface area contributed by atoms with Gasteiger partial charge in [-0.2, -0.15) is 0 Å². The van der Waals surface area contributed by atoms with Crippen LogP contribution in [0.15, 0.2) is 51.7 Å². The lowest BCUT2D eigenvalue weighted by atomic mass is 10.2. The maximum absolute atomic E-state index is 12.3. The third kappa shape index (κ3) is 4.57. The Bertz CT molecular complexity index is 1090. The molecule has 0 atom stereocenters. The van der Waals surface area contributed by atoms with Crippen LogP contribution < -0.4 is 26.1 Å². The first-order valence-electron chi connectivity index (χ1n) is 9.02. The van der Waals surface area contributed by atoms with Gasteiger partial charge in [-0.05, 0) is 37.3 Å². The third-order valence-corrected chi connectivity index (χ3v) is 4.18. The highest BCUT2D eigenvalue weighted by Gasteiger charge is 2.13. The van der Waals surface area contributed by atoms with Crippen molar-refractivity contribution in [3.8, 4) is 11.5 Å². The van der Waals surface area contributed by atoms with Crippen molar-refractivity contribution >= 4 is 22.9 Å². The molecule has 1 aromatic heterocycles. The van der Waals surface area contributed by atoms with Crippen LogP contribution >= 0.6 is 0 Å². The van der Waals surface area contributed by atoms with E-state index in [0.29, 0.717) is 34.8 Å². The quantitative estimate of drug-likeness (QED) is 0.587. The van der Waals surface area contributed by atoms with E-state index < -0.39 is 17.6 Å². The number of amides is 2. The van der Waals surface area contributed by atoms with Crippen molar-refractivity contribution in [3.05, 3.63) is 58.6 Å². The molecule has 0 spiro atoms. The van der Waals surface area contributed by atoms with E-state index in [0.717, 1.165) is 0 Å². The summed E-state index contributed by atoms with van der Waals surface area (Å²) in [6, 6.07) is 11.6. The topological polar surface area (TPSA) is 112 Å². The van der Waals surface area contributed by atoms with E-state index in [4.69, 9.17) is 13.9 Å². The largest absolute Gasteiger partial charge is 0.493 e. The summed E-state index contributed by atoms with van der Waals surface area (Å²) in [5.74, 6) is -0.561. The van der Waals surface area contributed by atoms with Gasteiger partial charge < -0.3 is 13.9 Å². The number of carbonyl (C=O) groups is 2. The smallest absolute Gasteiger partial charge is 0.419 e. The van der Waals surface area contributed by atoms with Gasteiger partial charge in [-0.1, -0.05) is 12.1 Å². The first-order valence-corrected chi connectivity index (χ1v) is 9.02. The first kappa shape index (κ1) is 20.0. The van der Waals surface area contributed by atoms with Crippen LogP contribution in [-0.2, 0) is 11.3 Å². The van der Waals surface area contributed by atoms with Gasteiger partial charge in [0.25, 0.3) is 5.91 Å². The van der Waals surface area contributed by atoms with Crippen LogP contribution in [0.5, 0.6) is 11.5 Å². The lowest BCUT2D eigenvalue weighted by Crippen LogP contribution is -2.42. The number of hydrogen-bond donors (Lipinski definition) is 2. The SMILES string of the molecule is CCOc1ccc(C(=O)NNC(=O)CCn2c(=O)oc3ccccc32)cc1OC. The number of aryl methyl sites for hydroxylation is 1. The molecule has 2 aromatic carbocycles. The molecule has 3 aromatic rings. The highest BCUT2D eigenvalue weighted by atomic mass is 16.5. The van der Waals surface area contributed by atoms with E-state index in [1.165, 1.54) is 17.7 Å². The van der Waals surface area contributed by atoms with Crippen molar-refractivity contribution in [2.75, 3.05) is 13.7 Å². The Balaban J connectivity index is 1.57. The van der Waals surface area contributed by atoms with E-state index in [1.54, 1.807) is 36.4 Å². The van der Waals surface area contributed by atoms with Crippen LogP contribution in [0, 0.1) is 0 Å². The average Bonchev–Trinajstić information content (AvgIpc) is 3.05. The number of aromatic nitrogens is 1. The molecule has 3 rings (SSSR count). The third-order valence-electron chi connectivity index (χ3n) is 4.18. The summed E-state index contributed by atoms with van der Waals surface area (Å²) in [6.07, 6.45) is -0.0175. The van der Waals surface area contributed by atoms with Crippen molar-refractivity contribution in [1.82, 2.24) is 15.4 Å². The number of hydrogen-bond acceptors (Lipinski definition) is 6. The number of hydrazine groups is 1. The van der Waals surface area contributed by atoms with Crippen LogP contribution in [0.2, 0.25) is 0 Å². The van der Waals surface area contributed by atoms with Crippen LogP contribution in [0.25, 0.3) is 11.1 Å². The summed E-state index contributed by atoms with van der Waals surface area (Å²) in [4.78, 5) is 36.2. The molecule has 9 heteroatoms. The minimum Gasteiger partial charge on any atom is -0.493 e. The second-order valence-corrected chi connectivity index (χ2v) is 6.04. The minimum absolute atomic E-state index is 0.0175. The number of fused-ring (bicyclic) bond motifs is 1. The predicted octanol–water partition coefficient (Wildman–Crippen LogP) is 1.85. The summed E-state index contributed by atoms with van der Waals surface area (Å²) >= 11 is 0. The molecule has 0 unspecified atom stereocenters. The second-order valence-electron chi connectivity index (χ2n) is 6.04. The van der Waals surface area contributed by atoms with E-state index in [-0.39, 0.29) is 13.0 Å². The number of para-hydroxylation sites is 2. The molecule has 0 fully saturated rings. The van der Waals surface area contributed by atoms with E-state index >= 15 is 0 Å². The van der Waals surface area contributed by atoms with Gasteiger partial charge in [0.1, 0.15) is 0 Å². The lowest BCUT2D eigenvalue weighted by molar-refractivity contribution is -0.122. The van der Waals surface area contributed by atoms with Gasteiger partial charge in [-0.3, -0.25) is 25.0 Å². The number of carbonyl (C=O) groups excluding carboxylic acids is 2. The van der Waals surface area contributed by atoms with E-state index in [9.17, 15) is 14.4 Å². The molecule has 2 amide bonds. The summed E-state index contributed by atoms with van der Waals surface area (Å²) in [5, 5.41) is 0. The number of oxazole rings is 1. The Labute approximate surface area is 166 Å². The maximum Gasteiger partial charge on any atom is 0.419 e. The number of ether oxygens (including phenoxy) is 2. The zero-order valence-electron chi connectivity index (χ0n) is 16.1. The Hall–Kier alpha value is -3.75. The Morgan fingerprint density at radius 1 is 1.10 bits per heavy atom. The fraction of sp³-hybridized carbons (Fsp3) is 0.250. The molecule has 0 aliphatic rings. The zero-order chi connectivity index (χ0) is 20.8. The van der Waals surface area contributed by atoms with Crippen LogP contribution in [-0.4, -0.2) is 30.1 Å². The average molecular weight is 399 g/mol. The number of nitrogens with zero attached hydrogens (tertiary/aromatic N) is 1. The standard InChI is InChI=1S/C20H21N3O6/c1-3-28-16-9-8-13(12-17(16)27-2)19(25)22-21-18(24)10-11-23-14-6-4-5-7-15(14)29-20(23)26/h4-9,12H,3,10-11H2,1-2H3,(H,21,24)(H,22,25). The fourth-order valence-electron chi connectivity index (χ4n) is 2.78.